The first-order valence-electron chi connectivity index (χ1n) is 12.4. The second-order valence-corrected chi connectivity index (χ2v) is 9.36. The lowest BCUT2D eigenvalue weighted by molar-refractivity contribution is -0.671. The van der Waals surface area contributed by atoms with Crippen molar-refractivity contribution in [2.45, 2.75) is 38.9 Å². The molecule has 7 nitrogen and oxygen atoms in total. The van der Waals surface area contributed by atoms with Crippen molar-refractivity contribution < 1.29 is 36.2 Å². The summed E-state index contributed by atoms with van der Waals surface area (Å²) < 4.78 is 48.4. The number of benzene rings is 2. The number of fused-ring (bicyclic) bond motifs is 5. The van der Waals surface area contributed by atoms with Crippen LogP contribution in [0.4, 0.5) is 28.6 Å². The highest BCUT2D eigenvalue weighted by atomic mass is 19.5. The average Bonchev–Trinajstić information content (AvgIpc) is 3.45. The number of amides is 1. The Morgan fingerprint density at radius 1 is 1.08 bits per heavy atom. The zero-order valence-corrected chi connectivity index (χ0v) is 21.4. The summed E-state index contributed by atoms with van der Waals surface area (Å²) in [5, 5.41) is 0. The number of hydrogen-bond acceptors (Lipinski definition) is 4. The maximum atomic E-state index is 13.5. The van der Waals surface area contributed by atoms with Crippen LogP contribution in [0.2, 0.25) is 0 Å². The van der Waals surface area contributed by atoms with Crippen LogP contribution in [0.25, 0.3) is 0 Å². The van der Waals surface area contributed by atoms with Crippen molar-refractivity contribution in [2.75, 3.05) is 23.0 Å². The maximum Gasteiger partial charge on any atom is 0.673 e. The molecule has 1 aromatic heterocycles. The van der Waals surface area contributed by atoms with Gasteiger partial charge in [-0.25, -0.2) is 13.9 Å². The van der Waals surface area contributed by atoms with Crippen molar-refractivity contribution in [1.82, 2.24) is 4.57 Å². The van der Waals surface area contributed by atoms with Gasteiger partial charge < -0.3 is 26.9 Å². The Morgan fingerprint density at radius 2 is 1.79 bits per heavy atom. The summed E-state index contributed by atoms with van der Waals surface area (Å²) in [5.74, 6) is -0.411. The number of hydrogen-bond donors (Lipinski definition) is 0. The molecule has 2 aromatic carbocycles. The van der Waals surface area contributed by atoms with E-state index in [-0.39, 0.29) is 18.5 Å². The van der Waals surface area contributed by atoms with Gasteiger partial charge in [-0.3, -0.25) is 9.69 Å². The van der Waals surface area contributed by atoms with Crippen LogP contribution in [0.3, 0.4) is 0 Å². The second kappa shape index (κ2) is 10.5. The first-order valence-corrected chi connectivity index (χ1v) is 12.4. The number of aromatic nitrogens is 2. The van der Waals surface area contributed by atoms with Crippen LogP contribution in [0.5, 0.6) is 0 Å². The zero-order valence-electron chi connectivity index (χ0n) is 21.4. The molecular weight excluding hydrogens is 503 g/mol. The number of unbranched alkanes of at least 4 members (excludes halogenated alkanes) is 1. The molecule has 38 heavy (non-hydrogen) atoms. The minimum atomic E-state index is -6.00. The molecule has 0 spiro atoms. The number of aryl methyl sites for hydroxylation is 1. The van der Waals surface area contributed by atoms with Crippen molar-refractivity contribution in [2.24, 2.45) is 7.05 Å². The Morgan fingerprint density at radius 3 is 2.45 bits per heavy atom. The molecule has 0 N–H and O–H groups in total. The number of nitrogens with zero attached hydrogens (tertiary/aromatic N) is 4. The van der Waals surface area contributed by atoms with Crippen molar-refractivity contribution >= 4 is 30.5 Å². The number of halogens is 4. The lowest BCUT2D eigenvalue weighted by Gasteiger charge is -2.38. The first kappa shape index (κ1) is 27.2. The van der Waals surface area contributed by atoms with Crippen LogP contribution < -0.4 is 14.4 Å². The largest absolute Gasteiger partial charge is 0.673 e. The highest BCUT2D eigenvalue weighted by Gasteiger charge is 2.56. The fourth-order valence-electron chi connectivity index (χ4n) is 5.04. The van der Waals surface area contributed by atoms with E-state index in [0.717, 1.165) is 41.9 Å². The summed E-state index contributed by atoms with van der Waals surface area (Å²) >= 11 is 0. The molecule has 0 fully saturated rings. The Kier molecular flexibility index (Phi) is 7.52. The van der Waals surface area contributed by atoms with Crippen molar-refractivity contribution in [3.8, 4) is 0 Å². The van der Waals surface area contributed by atoms with Crippen molar-refractivity contribution in [3.63, 3.8) is 0 Å². The van der Waals surface area contributed by atoms with Gasteiger partial charge in [0.05, 0.1) is 24.0 Å². The van der Waals surface area contributed by atoms with Crippen LogP contribution >= 0.6 is 0 Å². The minimum absolute atomic E-state index is 0.0284. The number of carbonyl (C=O) groups excluding carboxylic acids is 2. The number of ether oxygens (including phenoxy) is 1. The summed E-state index contributed by atoms with van der Waals surface area (Å²) in [6.07, 6.45) is 7.88. The third kappa shape index (κ3) is 5.25. The van der Waals surface area contributed by atoms with Gasteiger partial charge in [0.15, 0.2) is 0 Å². The van der Waals surface area contributed by atoms with E-state index in [1.165, 1.54) is 0 Å². The number of anilines is 2. The first-order chi connectivity index (χ1) is 17.9. The van der Waals surface area contributed by atoms with Gasteiger partial charge >= 0.3 is 13.2 Å². The summed E-state index contributed by atoms with van der Waals surface area (Å²) in [7, 11) is -4.05. The fraction of sp³-hybridized carbons (Fsp3) is 0.346. The fourth-order valence-corrected chi connectivity index (χ4v) is 5.04. The quantitative estimate of drug-likeness (QED) is 0.188. The Bertz CT molecular complexity index is 1340. The molecule has 0 aliphatic carbocycles. The van der Waals surface area contributed by atoms with Crippen LogP contribution in [0.1, 0.15) is 53.0 Å². The number of esters is 1. The Balaban J connectivity index is 0.000000617. The highest BCUT2D eigenvalue weighted by molar-refractivity contribution is 6.50. The molecule has 1 amide bonds. The van der Waals surface area contributed by atoms with E-state index in [0.29, 0.717) is 12.1 Å². The van der Waals surface area contributed by atoms with Gasteiger partial charge in [0.25, 0.3) is 5.91 Å². The molecule has 0 saturated heterocycles. The smallest absolute Gasteiger partial charge is 0.458 e. The van der Waals surface area contributed by atoms with E-state index in [2.05, 4.69) is 18.7 Å². The van der Waals surface area contributed by atoms with E-state index in [1.807, 2.05) is 70.1 Å². The lowest BCUT2D eigenvalue weighted by Crippen LogP contribution is -2.50. The van der Waals surface area contributed by atoms with E-state index in [1.54, 1.807) is 12.1 Å². The van der Waals surface area contributed by atoms with Gasteiger partial charge in [0.2, 0.25) is 6.33 Å². The SMILES string of the molecule is CCCCN1c2ccc(C(=O)OCCn3cc[n+](C)c3)cc2N2C(=O)c3ccccc3C12C.F[B-](F)(F)F. The third-order valence-corrected chi connectivity index (χ3v) is 6.72. The number of imidazole rings is 1. The highest BCUT2D eigenvalue weighted by Crippen LogP contribution is 2.55. The molecule has 1 atom stereocenters. The molecule has 2 aliphatic heterocycles. The molecule has 0 bridgehead atoms. The van der Waals surface area contributed by atoms with E-state index in [4.69, 9.17) is 4.74 Å². The van der Waals surface area contributed by atoms with Gasteiger partial charge in [-0.05, 0) is 37.6 Å². The van der Waals surface area contributed by atoms with Crippen LogP contribution in [-0.4, -0.2) is 36.8 Å². The molecule has 2 aliphatic rings. The van der Waals surface area contributed by atoms with Crippen molar-refractivity contribution in [1.29, 1.82) is 0 Å². The summed E-state index contributed by atoms with van der Waals surface area (Å²) in [4.78, 5) is 30.4. The van der Waals surface area contributed by atoms with Gasteiger partial charge in [-0.15, -0.1) is 0 Å². The molecule has 0 radical (unpaired) electrons. The average molecular weight is 532 g/mol. The van der Waals surface area contributed by atoms with Crippen molar-refractivity contribution in [3.05, 3.63) is 77.9 Å². The van der Waals surface area contributed by atoms with Crippen LogP contribution in [0, 0.1) is 0 Å². The van der Waals surface area contributed by atoms with Gasteiger partial charge in [-0.2, -0.15) is 0 Å². The normalized spacial score (nSPS) is 17.5. The molecule has 12 heteroatoms. The number of carbonyl (C=O) groups is 2. The van der Waals surface area contributed by atoms with Crippen LogP contribution in [-0.2, 0) is 24.0 Å². The van der Waals surface area contributed by atoms with Crippen LogP contribution in [0.15, 0.2) is 61.2 Å². The predicted molar refractivity (Wildman–Crippen MR) is 135 cm³/mol. The zero-order chi connectivity index (χ0) is 27.7. The Hall–Kier alpha value is -3.83. The molecule has 1 unspecified atom stereocenters. The lowest BCUT2D eigenvalue weighted by atomic mass is 9.98. The van der Waals surface area contributed by atoms with Gasteiger partial charge in [-0.1, -0.05) is 31.5 Å². The molecule has 202 valence electrons. The van der Waals surface area contributed by atoms with E-state index in [9.17, 15) is 26.9 Å². The standard InChI is InChI=1S/C26H29N4O3.BF4/c1-4-5-12-29-22-11-10-19(25(32)33-16-15-28-14-13-27(3)18-28)17-23(22)30-24(31)20-8-6-7-9-21(20)26(29,30)2;2-1(3,4)5/h6-11,13-14,17-18H,4-5,12,15-16H2,1-3H3;/q+1;-1. The van der Waals surface area contributed by atoms with Gasteiger partial charge in [0, 0.05) is 17.7 Å². The monoisotopic (exact) mass is 532 g/mol. The molecule has 5 rings (SSSR count). The van der Waals surface area contributed by atoms with E-state index < -0.39 is 12.9 Å². The minimum Gasteiger partial charge on any atom is -0.458 e. The van der Waals surface area contributed by atoms with E-state index >= 15 is 0 Å². The summed E-state index contributed by atoms with van der Waals surface area (Å²) in [6, 6.07) is 13.4. The molecule has 3 aromatic rings. The molecule has 0 saturated carbocycles. The topological polar surface area (TPSA) is 58.7 Å². The maximum absolute atomic E-state index is 13.5. The summed E-state index contributed by atoms with van der Waals surface area (Å²) in [5.41, 5.74) is 3.32. The number of rotatable bonds is 7. The molecular formula is C26H29BF4N4O3. The predicted octanol–water partition coefficient (Wildman–Crippen LogP) is 4.92. The Labute approximate surface area is 218 Å². The molecule has 3 heterocycles. The summed E-state index contributed by atoms with van der Waals surface area (Å²) in [6.45, 7) is 5.95. The van der Waals surface area contributed by atoms with Gasteiger partial charge in [0.1, 0.15) is 31.2 Å². The third-order valence-electron chi connectivity index (χ3n) is 6.72. The second-order valence-electron chi connectivity index (χ2n) is 9.36.